The van der Waals surface area contributed by atoms with Gasteiger partial charge in [-0.1, -0.05) is 77.2 Å². The number of alkyl halides is 3. The summed E-state index contributed by atoms with van der Waals surface area (Å²) in [6, 6.07) is 19.5. The summed E-state index contributed by atoms with van der Waals surface area (Å²) in [5.41, 5.74) is 1.40. The number of carbonyl (C=O) groups excluding carboxylic acids is 2. The first-order valence-corrected chi connectivity index (χ1v) is 12.5. The van der Waals surface area contributed by atoms with E-state index in [2.05, 4.69) is 20.8 Å². The van der Waals surface area contributed by atoms with Crippen molar-refractivity contribution in [2.75, 3.05) is 16.4 Å². The Balaban J connectivity index is 1.31. The molecule has 0 atom stereocenters. The van der Waals surface area contributed by atoms with Crippen LogP contribution in [0.3, 0.4) is 0 Å². The van der Waals surface area contributed by atoms with Gasteiger partial charge in [0.05, 0.1) is 22.0 Å². The van der Waals surface area contributed by atoms with Crippen molar-refractivity contribution in [3.8, 4) is 11.1 Å². The molecule has 0 fully saturated rings. The lowest BCUT2D eigenvalue weighted by Gasteiger charge is -2.11. The molecule has 0 aliphatic carbocycles. The second kappa shape index (κ2) is 11.1. The summed E-state index contributed by atoms with van der Waals surface area (Å²) >= 11 is 7.99. The molecular weight excluding hydrogens is 533 g/mol. The topological polar surface area (TPSA) is 84.0 Å². The van der Waals surface area contributed by atoms with Crippen LogP contribution in [0.4, 0.5) is 24.0 Å². The first-order valence-electron chi connectivity index (χ1n) is 10.3. The van der Waals surface area contributed by atoms with Crippen LogP contribution in [0.15, 0.2) is 77.1 Å². The average molecular weight is 549 g/mol. The Morgan fingerprint density at radius 3 is 2.31 bits per heavy atom. The molecule has 6 nitrogen and oxygen atoms in total. The van der Waals surface area contributed by atoms with Gasteiger partial charge in [-0.15, -0.1) is 10.2 Å². The fraction of sp³-hybridized carbons (Fsp3) is 0.0833. The summed E-state index contributed by atoms with van der Waals surface area (Å²) in [6.45, 7) is 0. The molecule has 4 aromatic rings. The Kier molecular flexibility index (Phi) is 7.92. The van der Waals surface area contributed by atoms with Gasteiger partial charge in [0, 0.05) is 5.56 Å². The Bertz CT molecular complexity index is 1380. The van der Waals surface area contributed by atoms with E-state index in [1.807, 2.05) is 42.5 Å². The highest BCUT2D eigenvalue weighted by atomic mass is 35.5. The lowest BCUT2D eigenvalue weighted by Crippen LogP contribution is -2.15. The van der Waals surface area contributed by atoms with E-state index in [0.29, 0.717) is 9.90 Å². The van der Waals surface area contributed by atoms with E-state index in [1.54, 1.807) is 12.1 Å². The number of benzene rings is 3. The molecule has 0 saturated carbocycles. The maximum Gasteiger partial charge on any atom is 0.416 e. The highest BCUT2D eigenvalue weighted by Gasteiger charge is 2.31. The summed E-state index contributed by atoms with van der Waals surface area (Å²) < 4.78 is 39.1. The van der Waals surface area contributed by atoms with Crippen LogP contribution in [0.25, 0.3) is 11.1 Å². The smallest absolute Gasteiger partial charge is 0.324 e. The van der Waals surface area contributed by atoms with Crippen LogP contribution >= 0.6 is 34.7 Å². The van der Waals surface area contributed by atoms with Crippen LogP contribution in [-0.4, -0.2) is 27.8 Å². The van der Waals surface area contributed by atoms with Crippen LogP contribution in [0.5, 0.6) is 0 Å². The van der Waals surface area contributed by atoms with Crippen molar-refractivity contribution in [3.05, 3.63) is 88.9 Å². The molecule has 2 amide bonds. The highest BCUT2D eigenvalue weighted by Crippen LogP contribution is 2.34. The first kappa shape index (κ1) is 25.7. The second-order valence-corrected chi connectivity index (χ2v) is 9.91. The van der Waals surface area contributed by atoms with E-state index >= 15 is 0 Å². The number of amides is 2. The Morgan fingerprint density at radius 1 is 0.917 bits per heavy atom. The van der Waals surface area contributed by atoms with Gasteiger partial charge in [-0.05, 0) is 41.5 Å². The molecule has 4 rings (SSSR count). The van der Waals surface area contributed by atoms with Gasteiger partial charge in [0.25, 0.3) is 5.91 Å². The van der Waals surface area contributed by atoms with E-state index in [1.165, 1.54) is 0 Å². The fourth-order valence-electron chi connectivity index (χ4n) is 3.04. The quantitative estimate of drug-likeness (QED) is 0.195. The van der Waals surface area contributed by atoms with Crippen molar-refractivity contribution >= 4 is 57.3 Å². The van der Waals surface area contributed by atoms with Gasteiger partial charge in [0.2, 0.25) is 11.0 Å². The zero-order chi connectivity index (χ0) is 25.7. The molecule has 0 aliphatic rings. The van der Waals surface area contributed by atoms with E-state index in [0.717, 1.165) is 52.4 Å². The molecule has 3 aromatic carbocycles. The molecular formula is C24H16ClF3N4O2S2. The Hall–Kier alpha value is -3.41. The number of thioether (sulfide) groups is 1. The zero-order valence-electron chi connectivity index (χ0n) is 18.2. The van der Waals surface area contributed by atoms with Crippen molar-refractivity contribution in [1.82, 2.24) is 10.2 Å². The van der Waals surface area contributed by atoms with Crippen LogP contribution in [0.1, 0.15) is 15.9 Å². The van der Waals surface area contributed by atoms with Gasteiger partial charge < -0.3 is 5.32 Å². The molecule has 0 aliphatic heterocycles. The van der Waals surface area contributed by atoms with Crippen molar-refractivity contribution in [3.63, 3.8) is 0 Å². The van der Waals surface area contributed by atoms with Crippen LogP contribution < -0.4 is 10.6 Å². The van der Waals surface area contributed by atoms with Crippen molar-refractivity contribution in [1.29, 1.82) is 0 Å². The van der Waals surface area contributed by atoms with Gasteiger partial charge in [0.1, 0.15) is 0 Å². The van der Waals surface area contributed by atoms with Gasteiger partial charge >= 0.3 is 6.18 Å². The average Bonchev–Trinajstić information content (AvgIpc) is 3.31. The molecule has 0 radical (unpaired) electrons. The van der Waals surface area contributed by atoms with Crippen LogP contribution in [0, 0.1) is 0 Å². The molecule has 0 unspecified atom stereocenters. The van der Waals surface area contributed by atoms with E-state index < -0.39 is 17.6 Å². The summed E-state index contributed by atoms with van der Waals surface area (Å²) in [7, 11) is 0. The van der Waals surface area contributed by atoms with E-state index in [-0.39, 0.29) is 27.5 Å². The molecule has 0 bridgehead atoms. The standard InChI is InChI=1S/C24H16ClF3N4O2S2/c25-18-11-10-17(24(26,27)28)12-19(18)29-20(33)13-35-23-32-31-22(36-23)30-21(34)16-8-6-15(7-9-16)14-4-2-1-3-5-14/h1-12H,13H2,(H,29,33)(H,30,31,34). The van der Waals surface area contributed by atoms with Crippen molar-refractivity contribution in [2.24, 2.45) is 0 Å². The fourth-order valence-corrected chi connectivity index (χ4v) is 4.76. The molecule has 0 spiro atoms. The molecule has 1 heterocycles. The van der Waals surface area contributed by atoms with E-state index in [9.17, 15) is 22.8 Å². The minimum Gasteiger partial charge on any atom is -0.324 e. The summed E-state index contributed by atoms with van der Waals surface area (Å²) in [5, 5.41) is 13.1. The number of anilines is 2. The molecule has 36 heavy (non-hydrogen) atoms. The van der Waals surface area contributed by atoms with Gasteiger partial charge in [-0.25, -0.2) is 0 Å². The summed E-state index contributed by atoms with van der Waals surface area (Å²) in [6.07, 6.45) is -4.56. The number of carbonyl (C=O) groups is 2. The number of hydrogen-bond donors (Lipinski definition) is 2. The number of nitrogens with one attached hydrogen (secondary N) is 2. The van der Waals surface area contributed by atoms with Crippen molar-refractivity contribution < 1.29 is 22.8 Å². The third kappa shape index (κ3) is 6.62. The SMILES string of the molecule is O=C(CSc1nnc(NC(=O)c2ccc(-c3ccccc3)cc2)s1)Nc1cc(C(F)(F)F)ccc1Cl. The van der Waals surface area contributed by atoms with E-state index in [4.69, 9.17) is 11.6 Å². The van der Waals surface area contributed by atoms with Crippen LogP contribution in [0.2, 0.25) is 5.02 Å². The number of halogens is 4. The number of nitrogens with zero attached hydrogens (tertiary/aromatic N) is 2. The number of rotatable bonds is 7. The normalized spacial score (nSPS) is 11.2. The lowest BCUT2D eigenvalue weighted by molar-refractivity contribution is -0.137. The summed E-state index contributed by atoms with van der Waals surface area (Å²) in [4.78, 5) is 24.7. The predicted molar refractivity (Wildman–Crippen MR) is 136 cm³/mol. The van der Waals surface area contributed by atoms with Crippen molar-refractivity contribution in [2.45, 2.75) is 10.5 Å². The monoisotopic (exact) mass is 548 g/mol. The van der Waals surface area contributed by atoms with Gasteiger partial charge in [-0.2, -0.15) is 13.2 Å². The Morgan fingerprint density at radius 2 is 1.61 bits per heavy atom. The lowest BCUT2D eigenvalue weighted by atomic mass is 10.0. The minimum absolute atomic E-state index is 0.0148. The largest absolute Gasteiger partial charge is 0.416 e. The molecule has 1 aromatic heterocycles. The zero-order valence-corrected chi connectivity index (χ0v) is 20.6. The minimum atomic E-state index is -4.56. The summed E-state index contributed by atoms with van der Waals surface area (Å²) in [5.74, 6) is -1.07. The predicted octanol–water partition coefficient (Wildman–Crippen LogP) is 6.86. The number of aromatic nitrogens is 2. The highest BCUT2D eigenvalue weighted by molar-refractivity contribution is 8.01. The molecule has 12 heteroatoms. The molecule has 2 N–H and O–H groups in total. The second-order valence-electron chi connectivity index (χ2n) is 7.30. The molecule has 184 valence electrons. The maximum absolute atomic E-state index is 12.9. The first-order chi connectivity index (χ1) is 17.2. The third-order valence-electron chi connectivity index (χ3n) is 4.78. The van der Waals surface area contributed by atoms with Gasteiger partial charge in [-0.3, -0.25) is 14.9 Å². The maximum atomic E-state index is 12.9. The number of hydrogen-bond acceptors (Lipinski definition) is 6. The third-order valence-corrected chi connectivity index (χ3v) is 7.08. The Labute approximate surface area is 216 Å². The van der Waals surface area contributed by atoms with Crippen LogP contribution in [-0.2, 0) is 11.0 Å². The van der Waals surface area contributed by atoms with Gasteiger partial charge in [0.15, 0.2) is 4.34 Å². The molecule has 0 saturated heterocycles.